The second kappa shape index (κ2) is 6.67. The molecule has 6 heteroatoms. The van der Waals surface area contributed by atoms with Crippen molar-refractivity contribution in [3.63, 3.8) is 0 Å². The molecule has 0 radical (unpaired) electrons. The van der Waals surface area contributed by atoms with Gasteiger partial charge in [-0.3, -0.25) is 0 Å². The summed E-state index contributed by atoms with van der Waals surface area (Å²) in [6.45, 7) is 4.11. The SMILES string of the molecule is CNC(Cc1ncnn1C(C)C)c1ccc(OC)c(F)c1. The number of ether oxygens (including phenoxy) is 1. The molecule has 0 fully saturated rings. The second-order valence-corrected chi connectivity index (χ2v) is 5.15. The van der Waals surface area contributed by atoms with Crippen LogP contribution < -0.4 is 10.1 Å². The van der Waals surface area contributed by atoms with Gasteiger partial charge in [-0.1, -0.05) is 6.07 Å². The molecule has 21 heavy (non-hydrogen) atoms. The summed E-state index contributed by atoms with van der Waals surface area (Å²) in [5.74, 6) is 0.764. The number of nitrogens with one attached hydrogen (secondary N) is 1. The van der Waals surface area contributed by atoms with Gasteiger partial charge in [-0.25, -0.2) is 14.1 Å². The van der Waals surface area contributed by atoms with Gasteiger partial charge in [0.1, 0.15) is 12.2 Å². The van der Waals surface area contributed by atoms with E-state index in [4.69, 9.17) is 4.74 Å². The fourth-order valence-corrected chi connectivity index (χ4v) is 2.32. The summed E-state index contributed by atoms with van der Waals surface area (Å²) in [5, 5.41) is 7.42. The lowest BCUT2D eigenvalue weighted by molar-refractivity contribution is 0.385. The lowest BCUT2D eigenvalue weighted by Crippen LogP contribution is -2.22. The summed E-state index contributed by atoms with van der Waals surface area (Å²) in [7, 11) is 3.31. The highest BCUT2D eigenvalue weighted by molar-refractivity contribution is 5.31. The normalized spacial score (nSPS) is 12.7. The first kappa shape index (κ1) is 15.4. The van der Waals surface area contributed by atoms with E-state index >= 15 is 0 Å². The van der Waals surface area contributed by atoms with Crippen LogP contribution in [0.1, 0.15) is 37.3 Å². The van der Waals surface area contributed by atoms with E-state index in [-0.39, 0.29) is 23.7 Å². The maximum Gasteiger partial charge on any atom is 0.165 e. The van der Waals surface area contributed by atoms with E-state index < -0.39 is 0 Å². The molecule has 0 saturated carbocycles. The molecule has 114 valence electrons. The summed E-state index contributed by atoms with van der Waals surface area (Å²) < 4.78 is 20.7. The third kappa shape index (κ3) is 3.39. The first-order valence-corrected chi connectivity index (χ1v) is 6.96. The lowest BCUT2D eigenvalue weighted by atomic mass is 10.0. The summed E-state index contributed by atoms with van der Waals surface area (Å²) in [6.07, 6.45) is 2.19. The molecule has 0 saturated heterocycles. The van der Waals surface area contributed by atoms with Crippen molar-refractivity contribution in [2.45, 2.75) is 32.4 Å². The van der Waals surface area contributed by atoms with Gasteiger partial charge in [0.05, 0.1) is 7.11 Å². The Morgan fingerprint density at radius 1 is 1.38 bits per heavy atom. The summed E-state index contributed by atoms with van der Waals surface area (Å²) in [4.78, 5) is 4.30. The summed E-state index contributed by atoms with van der Waals surface area (Å²) in [5.41, 5.74) is 0.856. The van der Waals surface area contributed by atoms with Gasteiger partial charge in [0.25, 0.3) is 0 Å². The highest BCUT2D eigenvalue weighted by Gasteiger charge is 2.17. The molecule has 1 N–H and O–H groups in total. The third-order valence-electron chi connectivity index (χ3n) is 3.45. The number of methoxy groups -OCH3 is 1. The highest BCUT2D eigenvalue weighted by atomic mass is 19.1. The molecule has 1 aromatic carbocycles. The molecule has 1 aromatic heterocycles. The van der Waals surface area contributed by atoms with Crippen molar-refractivity contribution >= 4 is 0 Å². The monoisotopic (exact) mass is 292 g/mol. The van der Waals surface area contributed by atoms with Crippen molar-refractivity contribution in [1.82, 2.24) is 20.1 Å². The molecule has 5 nitrogen and oxygen atoms in total. The van der Waals surface area contributed by atoms with Crippen LogP contribution in [0.25, 0.3) is 0 Å². The minimum Gasteiger partial charge on any atom is -0.494 e. The first-order valence-electron chi connectivity index (χ1n) is 6.96. The van der Waals surface area contributed by atoms with E-state index in [1.807, 2.05) is 17.8 Å². The zero-order valence-corrected chi connectivity index (χ0v) is 12.8. The number of benzene rings is 1. The Hall–Kier alpha value is -1.95. The van der Waals surface area contributed by atoms with Gasteiger partial charge < -0.3 is 10.1 Å². The predicted octanol–water partition coefficient (Wildman–Crippen LogP) is 2.51. The summed E-state index contributed by atoms with van der Waals surface area (Å²) in [6, 6.07) is 5.21. The van der Waals surface area contributed by atoms with Crippen LogP contribution in [0, 0.1) is 5.82 Å². The maximum atomic E-state index is 13.8. The van der Waals surface area contributed by atoms with Crippen molar-refractivity contribution in [2.24, 2.45) is 0 Å². The molecule has 0 spiro atoms. The molecule has 1 atom stereocenters. The van der Waals surface area contributed by atoms with Crippen LogP contribution in [0.2, 0.25) is 0 Å². The fraction of sp³-hybridized carbons (Fsp3) is 0.467. The second-order valence-electron chi connectivity index (χ2n) is 5.15. The zero-order valence-electron chi connectivity index (χ0n) is 12.8. The van der Waals surface area contributed by atoms with Gasteiger partial charge >= 0.3 is 0 Å². The van der Waals surface area contributed by atoms with Gasteiger partial charge in [0.2, 0.25) is 0 Å². The van der Waals surface area contributed by atoms with E-state index in [2.05, 4.69) is 29.2 Å². The molecular weight excluding hydrogens is 271 g/mol. The Kier molecular flexibility index (Phi) is 4.90. The van der Waals surface area contributed by atoms with Gasteiger partial charge in [-0.2, -0.15) is 5.10 Å². The molecule has 2 aromatic rings. The van der Waals surface area contributed by atoms with E-state index in [1.54, 1.807) is 12.4 Å². The van der Waals surface area contributed by atoms with E-state index in [0.29, 0.717) is 6.42 Å². The third-order valence-corrected chi connectivity index (χ3v) is 3.45. The Morgan fingerprint density at radius 2 is 2.14 bits per heavy atom. The lowest BCUT2D eigenvalue weighted by Gasteiger charge is -2.18. The number of halogens is 1. The minimum atomic E-state index is -0.361. The predicted molar refractivity (Wildman–Crippen MR) is 78.9 cm³/mol. The van der Waals surface area contributed by atoms with Crippen LogP contribution in [-0.4, -0.2) is 28.9 Å². The molecule has 0 amide bonds. The molecule has 0 aliphatic carbocycles. The molecule has 0 bridgehead atoms. The highest BCUT2D eigenvalue weighted by Crippen LogP contribution is 2.24. The van der Waals surface area contributed by atoms with Gasteiger partial charge in [-0.05, 0) is 38.6 Å². The van der Waals surface area contributed by atoms with E-state index in [9.17, 15) is 4.39 Å². The number of hydrogen-bond acceptors (Lipinski definition) is 4. The van der Waals surface area contributed by atoms with Crippen LogP contribution in [-0.2, 0) is 6.42 Å². The Balaban J connectivity index is 2.23. The molecule has 1 unspecified atom stereocenters. The van der Waals surface area contributed by atoms with Crippen molar-refractivity contribution in [1.29, 1.82) is 0 Å². The average molecular weight is 292 g/mol. The smallest absolute Gasteiger partial charge is 0.165 e. The minimum absolute atomic E-state index is 0.0351. The van der Waals surface area contributed by atoms with Gasteiger partial charge in [-0.15, -0.1) is 0 Å². The molecule has 2 rings (SSSR count). The number of aromatic nitrogens is 3. The number of rotatable bonds is 6. The average Bonchev–Trinajstić information content (AvgIpc) is 2.93. The van der Waals surface area contributed by atoms with E-state index in [1.165, 1.54) is 13.2 Å². The Labute approximate surface area is 124 Å². The molecular formula is C15H21FN4O. The van der Waals surface area contributed by atoms with Gasteiger partial charge in [0.15, 0.2) is 11.6 Å². The van der Waals surface area contributed by atoms with Crippen LogP contribution >= 0.6 is 0 Å². The molecule has 0 aliphatic rings. The van der Waals surface area contributed by atoms with Crippen LogP contribution in [0.3, 0.4) is 0 Å². The number of nitrogens with zero attached hydrogens (tertiary/aromatic N) is 3. The molecule has 1 heterocycles. The summed E-state index contributed by atoms with van der Waals surface area (Å²) >= 11 is 0. The van der Waals surface area contributed by atoms with Crippen molar-refractivity contribution in [3.8, 4) is 5.75 Å². The Bertz CT molecular complexity index is 597. The standard InChI is InChI=1S/C15H21FN4O/c1-10(2)20-15(18-9-19-20)8-13(17-3)11-5-6-14(21-4)12(16)7-11/h5-7,9-10,13,17H,8H2,1-4H3. The van der Waals surface area contributed by atoms with Crippen molar-refractivity contribution < 1.29 is 9.13 Å². The topological polar surface area (TPSA) is 52.0 Å². The van der Waals surface area contributed by atoms with Crippen molar-refractivity contribution in [3.05, 3.63) is 41.7 Å². The van der Waals surface area contributed by atoms with Gasteiger partial charge in [0, 0.05) is 18.5 Å². The largest absolute Gasteiger partial charge is 0.494 e. The van der Waals surface area contributed by atoms with Crippen molar-refractivity contribution in [2.75, 3.05) is 14.2 Å². The van der Waals surface area contributed by atoms with Crippen LogP contribution in [0.5, 0.6) is 5.75 Å². The fourth-order valence-electron chi connectivity index (χ4n) is 2.32. The van der Waals surface area contributed by atoms with E-state index in [0.717, 1.165) is 11.4 Å². The van der Waals surface area contributed by atoms with Crippen LogP contribution in [0.4, 0.5) is 4.39 Å². The van der Waals surface area contributed by atoms with Crippen LogP contribution in [0.15, 0.2) is 24.5 Å². The maximum absolute atomic E-state index is 13.8. The number of likely N-dealkylation sites (N-methyl/N-ethyl adjacent to an activating group) is 1. The molecule has 0 aliphatic heterocycles. The first-order chi connectivity index (χ1) is 10.1. The Morgan fingerprint density at radius 3 is 2.71 bits per heavy atom. The quantitative estimate of drug-likeness (QED) is 0.889. The number of hydrogen-bond donors (Lipinski definition) is 1. The zero-order chi connectivity index (χ0) is 15.4.